The molecular formula is C17H27NO3. The fraction of sp³-hybridized carbons (Fsp3) is 0.647. The molecule has 1 aromatic carbocycles. The van der Waals surface area contributed by atoms with E-state index in [0.717, 1.165) is 11.5 Å². The van der Waals surface area contributed by atoms with Gasteiger partial charge in [0.15, 0.2) is 0 Å². The summed E-state index contributed by atoms with van der Waals surface area (Å²) in [6.45, 7) is 5.46. The van der Waals surface area contributed by atoms with Crippen molar-refractivity contribution in [3.8, 4) is 11.5 Å². The fourth-order valence-electron chi connectivity index (χ4n) is 3.01. The highest BCUT2D eigenvalue weighted by Gasteiger charge is 2.26. The monoisotopic (exact) mass is 293 g/mol. The minimum absolute atomic E-state index is 0.309. The zero-order valence-electron chi connectivity index (χ0n) is 13.3. The number of β-amino-alcohol motifs (C(OH)–C–C–N with tert-alkyl or cyclic N) is 1. The van der Waals surface area contributed by atoms with Crippen molar-refractivity contribution >= 4 is 0 Å². The lowest BCUT2D eigenvalue weighted by Gasteiger charge is -2.40. The van der Waals surface area contributed by atoms with Gasteiger partial charge in [0.1, 0.15) is 24.2 Å². The summed E-state index contributed by atoms with van der Waals surface area (Å²) in [4.78, 5) is 2.39. The molecule has 1 aliphatic heterocycles. The highest BCUT2D eigenvalue weighted by molar-refractivity contribution is 5.32. The molecule has 1 fully saturated rings. The van der Waals surface area contributed by atoms with E-state index in [1.165, 1.54) is 19.3 Å². The zero-order chi connectivity index (χ0) is 15.2. The van der Waals surface area contributed by atoms with Crippen LogP contribution < -0.4 is 9.47 Å². The molecule has 118 valence electrons. The second kappa shape index (κ2) is 7.66. The van der Waals surface area contributed by atoms with E-state index in [4.69, 9.17) is 9.47 Å². The molecule has 3 atom stereocenters. The second-order valence-electron chi connectivity index (χ2n) is 5.97. The molecule has 21 heavy (non-hydrogen) atoms. The van der Waals surface area contributed by atoms with Crippen molar-refractivity contribution in [2.24, 2.45) is 0 Å². The summed E-state index contributed by atoms with van der Waals surface area (Å²) in [6, 6.07) is 8.55. The van der Waals surface area contributed by atoms with Crippen LogP contribution in [0.1, 0.15) is 33.1 Å². The zero-order valence-corrected chi connectivity index (χ0v) is 13.3. The molecule has 0 aliphatic carbocycles. The van der Waals surface area contributed by atoms with Crippen molar-refractivity contribution in [2.75, 3.05) is 20.3 Å². The van der Waals surface area contributed by atoms with Crippen LogP contribution in [0.15, 0.2) is 24.3 Å². The van der Waals surface area contributed by atoms with Gasteiger partial charge in [-0.1, -0.05) is 12.5 Å². The standard InChI is InChI=1S/C17H27NO3/c1-13-6-4-7-14(2)18(13)11-15(19)12-21-17-9-5-8-16(10-17)20-3/h5,8-10,13-15,19H,4,6-7,11-12H2,1-3H3/t13-,14-,15-/m0/s1. The van der Waals surface area contributed by atoms with E-state index in [1.54, 1.807) is 7.11 Å². The van der Waals surface area contributed by atoms with Gasteiger partial charge >= 0.3 is 0 Å². The number of likely N-dealkylation sites (tertiary alicyclic amines) is 1. The molecule has 0 bridgehead atoms. The van der Waals surface area contributed by atoms with Crippen LogP contribution >= 0.6 is 0 Å². The van der Waals surface area contributed by atoms with E-state index in [2.05, 4.69) is 18.7 Å². The van der Waals surface area contributed by atoms with E-state index in [0.29, 0.717) is 25.2 Å². The number of aliphatic hydroxyl groups is 1. The molecule has 0 radical (unpaired) electrons. The maximum Gasteiger partial charge on any atom is 0.123 e. The lowest BCUT2D eigenvalue weighted by molar-refractivity contribution is 0.0208. The van der Waals surface area contributed by atoms with Crippen molar-refractivity contribution in [3.05, 3.63) is 24.3 Å². The van der Waals surface area contributed by atoms with Crippen molar-refractivity contribution in [1.82, 2.24) is 4.90 Å². The van der Waals surface area contributed by atoms with Gasteiger partial charge in [-0.25, -0.2) is 0 Å². The predicted molar refractivity (Wildman–Crippen MR) is 84.0 cm³/mol. The predicted octanol–water partition coefficient (Wildman–Crippen LogP) is 2.70. The van der Waals surface area contributed by atoms with Crippen molar-refractivity contribution in [1.29, 1.82) is 0 Å². The van der Waals surface area contributed by atoms with Gasteiger partial charge in [0, 0.05) is 24.7 Å². The first-order valence-corrected chi connectivity index (χ1v) is 7.81. The van der Waals surface area contributed by atoms with Crippen LogP contribution in [-0.2, 0) is 0 Å². The lowest BCUT2D eigenvalue weighted by Crippen LogP contribution is -2.48. The van der Waals surface area contributed by atoms with Crippen LogP contribution in [-0.4, -0.2) is 48.5 Å². The summed E-state index contributed by atoms with van der Waals surface area (Å²) in [5, 5.41) is 10.2. The summed E-state index contributed by atoms with van der Waals surface area (Å²) in [6.07, 6.45) is 3.25. The smallest absolute Gasteiger partial charge is 0.123 e. The number of piperidine rings is 1. The molecular weight excluding hydrogens is 266 g/mol. The van der Waals surface area contributed by atoms with Crippen LogP contribution in [0.5, 0.6) is 11.5 Å². The first-order valence-electron chi connectivity index (χ1n) is 7.81. The van der Waals surface area contributed by atoms with Crippen molar-refractivity contribution in [2.45, 2.75) is 51.3 Å². The minimum Gasteiger partial charge on any atom is -0.497 e. The average molecular weight is 293 g/mol. The molecule has 0 amide bonds. The number of hydrogen-bond acceptors (Lipinski definition) is 4. The topological polar surface area (TPSA) is 41.9 Å². The van der Waals surface area contributed by atoms with E-state index < -0.39 is 6.10 Å². The van der Waals surface area contributed by atoms with Gasteiger partial charge in [0.05, 0.1) is 7.11 Å². The second-order valence-corrected chi connectivity index (χ2v) is 5.97. The molecule has 0 spiro atoms. The molecule has 1 aliphatic rings. The van der Waals surface area contributed by atoms with Gasteiger partial charge in [0.25, 0.3) is 0 Å². The van der Waals surface area contributed by atoms with Gasteiger partial charge in [-0.15, -0.1) is 0 Å². The number of benzene rings is 1. The average Bonchev–Trinajstić information content (AvgIpc) is 2.49. The van der Waals surface area contributed by atoms with Crippen LogP contribution in [0.4, 0.5) is 0 Å². The van der Waals surface area contributed by atoms with Gasteiger partial charge in [-0.2, -0.15) is 0 Å². The fourth-order valence-corrected chi connectivity index (χ4v) is 3.01. The Balaban J connectivity index is 1.82. The first-order chi connectivity index (χ1) is 10.1. The highest BCUT2D eigenvalue weighted by Crippen LogP contribution is 2.23. The number of methoxy groups -OCH3 is 1. The Morgan fingerprint density at radius 2 is 1.90 bits per heavy atom. The molecule has 0 aromatic heterocycles. The first kappa shape index (κ1) is 16.1. The Bertz CT molecular complexity index is 428. The largest absolute Gasteiger partial charge is 0.497 e. The highest BCUT2D eigenvalue weighted by atomic mass is 16.5. The summed E-state index contributed by atoms with van der Waals surface area (Å²) in [5.74, 6) is 1.49. The molecule has 0 saturated carbocycles. The molecule has 2 rings (SSSR count). The molecule has 4 nitrogen and oxygen atoms in total. The summed E-state index contributed by atoms with van der Waals surface area (Å²) < 4.78 is 10.8. The Labute approximate surface area is 127 Å². The number of aliphatic hydroxyl groups excluding tert-OH is 1. The number of ether oxygens (including phenoxy) is 2. The van der Waals surface area contributed by atoms with Gasteiger partial charge in [-0.3, -0.25) is 4.90 Å². The number of hydrogen-bond donors (Lipinski definition) is 1. The van der Waals surface area contributed by atoms with Gasteiger partial charge in [-0.05, 0) is 38.8 Å². The molecule has 1 aromatic rings. The molecule has 4 heteroatoms. The van der Waals surface area contributed by atoms with Crippen LogP contribution in [0.3, 0.4) is 0 Å². The molecule has 1 saturated heterocycles. The van der Waals surface area contributed by atoms with E-state index in [1.807, 2.05) is 24.3 Å². The third-order valence-corrected chi connectivity index (χ3v) is 4.28. The summed E-state index contributed by atoms with van der Waals surface area (Å²) in [7, 11) is 1.63. The number of rotatable bonds is 6. The van der Waals surface area contributed by atoms with E-state index >= 15 is 0 Å². The molecule has 0 unspecified atom stereocenters. The quantitative estimate of drug-likeness (QED) is 0.875. The molecule has 1 heterocycles. The number of nitrogens with zero attached hydrogens (tertiary/aromatic N) is 1. The third kappa shape index (κ3) is 4.61. The Morgan fingerprint density at radius 1 is 1.24 bits per heavy atom. The Morgan fingerprint density at radius 3 is 2.57 bits per heavy atom. The Kier molecular flexibility index (Phi) is 5.88. The van der Waals surface area contributed by atoms with Crippen LogP contribution in [0, 0.1) is 0 Å². The Hall–Kier alpha value is -1.26. The van der Waals surface area contributed by atoms with Crippen LogP contribution in [0.25, 0.3) is 0 Å². The maximum atomic E-state index is 10.2. The lowest BCUT2D eigenvalue weighted by atomic mass is 9.97. The van der Waals surface area contributed by atoms with E-state index in [-0.39, 0.29) is 0 Å². The SMILES string of the molecule is COc1cccc(OC[C@@H](O)CN2[C@@H](C)CCC[C@@H]2C)c1. The maximum absolute atomic E-state index is 10.2. The summed E-state index contributed by atoms with van der Waals surface area (Å²) >= 11 is 0. The van der Waals surface area contributed by atoms with Gasteiger partial charge in [0.2, 0.25) is 0 Å². The summed E-state index contributed by atoms with van der Waals surface area (Å²) in [5.41, 5.74) is 0. The molecule has 1 N–H and O–H groups in total. The van der Waals surface area contributed by atoms with Crippen LogP contribution in [0.2, 0.25) is 0 Å². The normalized spacial score (nSPS) is 24.6. The van der Waals surface area contributed by atoms with Crippen molar-refractivity contribution in [3.63, 3.8) is 0 Å². The third-order valence-electron chi connectivity index (χ3n) is 4.28. The van der Waals surface area contributed by atoms with E-state index in [9.17, 15) is 5.11 Å². The van der Waals surface area contributed by atoms with Crippen molar-refractivity contribution < 1.29 is 14.6 Å². The minimum atomic E-state index is -0.473. The van der Waals surface area contributed by atoms with Gasteiger partial charge < -0.3 is 14.6 Å².